The molecule has 0 amide bonds. The minimum atomic E-state index is 0.187. The van der Waals surface area contributed by atoms with Crippen LogP contribution in [0.25, 0.3) is 0 Å². The molecular formula is C15H18ClNS2. The second-order valence-electron chi connectivity index (χ2n) is 4.45. The summed E-state index contributed by atoms with van der Waals surface area (Å²) in [4.78, 5) is 4.00. The molecule has 0 aliphatic heterocycles. The highest BCUT2D eigenvalue weighted by molar-refractivity contribution is 7.99. The van der Waals surface area contributed by atoms with Crippen LogP contribution in [0.5, 0.6) is 0 Å². The van der Waals surface area contributed by atoms with Crippen molar-refractivity contribution in [1.82, 2.24) is 0 Å². The Bertz CT molecular complexity index is 524. The van der Waals surface area contributed by atoms with E-state index >= 15 is 0 Å². The lowest BCUT2D eigenvalue weighted by molar-refractivity contribution is 0.757. The van der Waals surface area contributed by atoms with Crippen LogP contribution in [-0.2, 0) is 12.8 Å². The molecule has 1 aromatic carbocycles. The molecule has 0 saturated carbocycles. The first kappa shape index (κ1) is 14.9. The van der Waals surface area contributed by atoms with Gasteiger partial charge in [-0.3, -0.25) is 0 Å². The van der Waals surface area contributed by atoms with Crippen LogP contribution in [0.1, 0.15) is 16.7 Å². The van der Waals surface area contributed by atoms with E-state index in [1.807, 2.05) is 29.5 Å². The van der Waals surface area contributed by atoms with E-state index < -0.39 is 0 Å². The second kappa shape index (κ2) is 7.34. The Morgan fingerprint density at radius 1 is 1.26 bits per heavy atom. The lowest BCUT2D eigenvalue weighted by Gasteiger charge is -2.10. The van der Waals surface area contributed by atoms with Crippen LogP contribution >= 0.6 is 34.7 Å². The summed E-state index contributed by atoms with van der Waals surface area (Å²) in [5, 5.41) is 0.782. The molecule has 4 heteroatoms. The third-order valence-corrected chi connectivity index (χ3v) is 5.46. The average Bonchev–Trinajstić information content (AvgIpc) is 2.84. The Balaban J connectivity index is 1.82. The van der Waals surface area contributed by atoms with Crippen molar-refractivity contribution in [3.8, 4) is 0 Å². The van der Waals surface area contributed by atoms with Crippen molar-refractivity contribution in [2.75, 3.05) is 5.75 Å². The van der Waals surface area contributed by atoms with E-state index in [1.54, 1.807) is 11.8 Å². The maximum absolute atomic E-state index is 6.20. The molecule has 0 saturated heterocycles. The highest BCUT2D eigenvalue weighted by atomic mass is 35.5. The predicted octanol–water partition coefficient (Wildman–Crippen LogP) is 4.63. The van der Waals surface area contributed by atoms with Gasteiger partial charge < -0.3 is 5.73 Å². The molecule has 1 nitrogen and oxygen atoms in total. The molecule has 2 aromatic rings. The normalized spacial score (nSPS) is 12.6. The molecule has 1 atom stereocenters. The summed E-state index contributed by atoms with van der Waals surface area (Å²) in [5.74, 6) is 0.916. The summed E-state index contributed by atoms with van der Waals surface area (Å²) in [6.07, 6.45) is 2.06. The third-order valence-electron chi connectivity index (χ3n) is 2.79. The first-order valence-corrected chi connectivity index (χ1v) is 8.57. The van der Waals surface area contributed by atoms with E-state index in [4.69, 9.17) is 17.3 Å². The number of nitrogens with two attached hydrogens (primary N) is 1. The van der Waals surface area contributed by atoms with Crippen molar-refractivity contribution in [2.45, 2.75) is 30.7 Å². The summed E-state index contributed by atoms with van der Waals surface area (Å²) in [7, 11) is 0. The van der Waals surface area contributed by atoms with E-state index in [9.17, 15) is 0 Å². The molecule has 0 spiro atoms. The van der Waals surface area contributed by atoms with Gasteiger partial charge in [-0.2, -0.15) is 0 Å². The molecule has 0 fully saturated rings. The predicted molar refractivity (Wildman–Crippen MR) is 87.6 cm³/mol. The van der Waals surface area contributed by atoms with Crippen LogP contribution in [0.15, 0.2) is 41.3 Å². The molecule has 2 N–H and O–H groups in total. The number of thiophene rings is 1. The highest BCUT2D eigenvalue weighted by Gasteiger charge is 2.07. The maximum atomic E-state index is 6.20. The Kier molecular flexibility index (Phi) is 5.76. The fourth-order valence-electron chi connectivity index (χ4n) is 1.80. The molecule has 0 radical (unpaired) electrons. The first-order chi connectivity index (χ1) is 9.17. The Morgan fingerprint density at radius 2 is 2.05 bits per heavy atom. The monoisotopic (exact) mass is 311 g/mol. The number of benzene rings is 1. The quantitative estimate of drug-likeness (QED) is 0.787. The Labute approximate surface area is 128 Å². The SMILES string of the molecule is CCc1ccc(CC(N)CSc2cccc(Cl)c2)s1. The number of hydrogen-bond donors (Lipinski definition) is 1. The van der Waals surface area contributed by atoms with Crippen LogP contribution in [-0.4, -0.2) is 11.8 Å². The topological polar surface area (TPSA) is 26.0 Å². The van der Waals surface area contributed by atoms with Gasteiger partial charge in [0.05, 0.1) is 0 Å². The number of halogens is 1. The lowest BCUT2D eigenvalue weighted by atomic mass is 10.2. The van der Waals surface area contributed by atoms with Gasteiger partial charge in [-0.05, 0) is 43.2 Å². The number of hydrogen-bond acceptors (Lipinski definition) is 3. The minimum absolute atomic E-state index is 0.187. The molecule has 19 heavy (non-hydrogen) atoms. The molecule has 0 bridgehead atoms. The van der Waals surface area contributed by atoms with Crippen LogP contribution in [0.2, 0.25) is 5.02 Å². The fraction of sp³-hybridized carbons (Fsp3) is 0.333. The van der Waals surface area contributed by atoms with Gasteiger partial charge in [0.1, 0.15) is 0 Å². The zero-order chi connectivity index (χ0) is 13.7. The summed E-state index contributed by atoms with van der Waals surface area (Å²) < 4.78 is 0. The van der Waals surface area contributed by atoms with E-state index in [2.05, 4.69) is 25.1 Å². The summed E-state index contributed by atoms with van der Waals surface area (Å²) in [6, 6.07) is 12.5. The molecule has 1 heterocycles. The van der Waals surface area contributed by atoms with Crippen molar-refractivity contribution in [3.63, 3.8) is 0 Å². The van der Waals surface area contributed by atoms with Gasteiger partial charge in [0.25, 0.3) is 0 Å². The van der Waals surface area contributed by atoms with Gasteiger partial charge in [0, 0.05) is 31.5 Å². The average molecular weight is 312 g/mol. The summed E-state index contributed by atoms with van der Waals surface area (Å²) in [5.41, 5.74) is 6.20. The summed E-state index contributed by atoms with van der Waals surface area (Å²) in [6.45, 7) is 2.19. The van der Waals surface area contributed by atoms with Crippen molar-refractivity contribution in [3.05, 3.63) is 51.2 Å². The van der Waals surface area contributed by atoms with Gasteiger partial charge in [-0.25, -0.2) is 0 Å². The van der Waals surface area contributed by atoms with Gasteiger partial charge in [-0.15, -0.1) is 23.1 Å². The van der Waals surface area contributed by atoms with Gasteiger partial charge in [0.15, 0.2) is 0 Å². The van der Waals surface area contributed by atoms with Crippen LogP contribution in [0, 0.1) is 0 Å². The first-order valence-electron chi connectivity index (χ1n) is 6.39. The van der Waals surface area contributed by atoms with Gasteiger partial charge in [0.2, 0.25) is 0 Å². The standard InChI is InChI=1S/C15H18ClNS2/c1-2-13-6-7-15(19-13)9-12(17)10-18-14-5-3-4-11(16)8-14/h3-8,12H,2,9-10,17H2,1H3. The molecular weight excluding hydrogens is 294 g/mol. The van der Waals surface area contributed by atoms with E-state index in [0.717, 1.165) is 23.6 Å². The number of rotatable bonds is 6. The van der Waals surface area contributed by atoms with Gasteiger partial charge >= 0.3 is 0 Å². The number of thioether (sulfide) groups is 1. The number of aryl methyl sites for hydroxylation is 1. The van der Waals surface area contributed by atoms with E-state index in [-0.39, 0.29) is 6.04 Å². The fourth-order valence-corrected chi connectivity index (χ4v) is 4.01. The highest BCUT2D eigenvalue weighted by Crippen LogP contribution is 2.24. The van der Waals surface area contributed by atoms with Crippen LogP contribution in [0.3, 0.4) is 0 Å². The van der Waals surface area contributed by atoms with E-state index in [0.29, 0.717) is 0 Å². The largest absolute Gasteiger partial charge is 0.327 e. The maximum Gasteiger partial charge on any atom is 0.0417 e. The molecule has 1 aromatic heterocycles. The van der Waals surface area contributed by atoms with Gasteiger partial charge in [-0.1, -0.05) is 24.6 Å². The zero-order valence-corrected chi connectivity index (χ0v) is 13.3. The molecule has 102 valence electrons. The minimum Gasteiger partial charge on any atom is -0.327 e. The molecule has 0 aliphatic carbocycles. The van der Waals surface area contributed by atoms with Crippen molar-refractivity contribution >= 4 is 34.7 Å². The van der Waals surface area contributed by atoms with E-state index in [1.165, 1.54) is 14.6 Å². The van der Waals surface area contributed by atoms with Crippen molar-refractivity contribution in [2.24, 2.45) is 5.73 Å². The smallest absolute Gasteiger partial charge is 0.0417 e. The zero-order valence-electron chi connectivity index (χ0n) is 10.9. The Morgan fingerprint density at radius 3 is 2.74 bits per heavy atom. The summed E-state index contributed by atoms with van der Waals surface area (Å²) >= 11 is 9.61. The van der Waals surface area contributed by atoms with Crippen molar-refractivity contribution < 1.29 is 0 Å². The molecule has 1 unspecified atom stereocenters. The van der Waals surface area contributed by atoms with Crippen molar-refractivity contribution in [1.29, 1.82) is 0 Å². The molecule has 2 rings (SSSR count). The lowest BCUT2D eigenvalue weighted by Crippen LogP contribution is -2.25. The molecule has 0 aliphatic rings. The van der Waals surface area contributed by atoms with Crippen LogP contribution in [0.4, 0.5) is 0 Å². The Hall–Kier alpha value is -0.480. The second-order valence-corrected chi connectivity index (χ2v) is 7.24. The third kappa shape index (κ3) is 4.84. The van der Waals surface area contributed by atoms with Crippen LogP contribution < -0.4 is 5.73 Å².